The molecule has 1 aliphatic rings. The van der Waals surface area contributed by atoms with E-state index in [1.807, 2.05) is 0 Å². The van der Waals surface area contributed by atoms with Gasteiger partial charge in [0.2, 0.25) is 11.8 Å². The summed E-state index contributed by atoms with van der Waals surface area (Å²) in [7, 11) is -1.72. The monoisotopic (exact) mass is 690 g/mol. The van der Waals surface area contributed by atoms with E-state index in [-0.39, 0.29) is 57.4 Å². The van der Waals surface area contributed by atoms with E-state index in [1.165, 1.54) is 44.4 Å². The summed E-state index contributed by atoms with van der Waals surface area (Å²) in [6, 6.07) is 7.39. The summed E-state index contributed by atoms with van der Waals surface area (Å²) in [5.41, 5.74) is 4.98. The Morgan fingerprint density at radius 2 is 1.75 bits per heavy atom. The number of halogens is 2. The second kappa shape index (κ2) is 14.5. The molecule has 3 aromatic rings. The van der Waals surface area contributed by atoms with Gasteiger partial charge in [-0.25, -0.2) is 26.8 Å². The number of amides is 3. The third kappa shape index (κ3) is 7.57. The summed E-state index contributed by atoms with van der Waals surface area (Å²) in [5, 5.41) is 14.7. The summed E-state index contributed by atoms with van der Waals surface area (Å²) in [4.78, 5) is 51.1. The third-order valence-corrected chi connectivity index (χ3v) is 9.46. The maximum Gasteiger partial charge on any atom is 0.506 e. The molecular weight excluding hydrogens is 658 g/mol. The van der Waals surface area contributed by atoms with Crippen molar-refractivity contribution in [1.82, 2.24) is 4.90 Å². The van der Waals surface area contributed by atoms with Gasteiger partial charge >= 0.3 is 12.2 Å². The summed E-state index contributed by atoms with van der Waals surface area (Å²) in [6.45, 7) is 1.21. The number of anilines is 2. The number of nitrogens with two attached hydrogens (primary N) is 1. The number of hydrogen-bond acceptors (Lipinski definition) is 10. The van der Waals surface area contributed by atoms with Crippen LogP contribution in [-0.4, -0.2) is 75.1 Å². The Kier molecular flexibility index (Phi) is 10.7. The molecule has 0 aliphatic carbocycles. The van der Waals surface area contributed by atoms with Gasteiger partial charge in [-0.05, 0) is 59.7 Å². The second-order valence-corrected chi connectivity index (χ2v) is 12.7. The summed E-state index contributed by atoms with van der Waals surface area (Å²) >= 11 is 0. The van der Waals surface area contributed by atoms with Crippen LogP contribution in [0.2, 0.25) is 0 Å². The highest BCUT2D eigenvalue weighted by Crippen LogP contribution is 2.41. The zero-order chi connectivity index (χ0) is 35.3. The molecular formula is C31H32F2N4O10S. The highest BCUT2D eigenvalue weighted by atomic mass is 32.2. The Hall–Kier alpha value is -5.45. The Morgan fingerprint density at radius 3 is 2.38 bits per heavy atom. The third-order valence-electron chi connectivity index (χ3n) is 7.66. The van der Waals surface area contributed by atoms with E-state index in [4.69, 9.17) is 15.2 Å². The lowest BCUT2D eigenvalue weighted by Gasteiger charge is -2.33. The SMILES string of the molecule is CCS(=O)(=O)c1ccc(NC(=O)OC)cc1[C@@H]1[C@H](OC(=O)O)CCN1C(=O)[C@H](Nc1cc(C(N)=O)ccc1F)c1ccc(F)c(OC)c1. The molecule has 1 fully saturated rings. The van der Waals surface area contributed by atoms with Gasteiger partial charge in [0.05, 0.1) is 36.6 Å². The van der Waals surface area contributed by atoms with Crippen LogP contribution >= 0.6 is 0 Å². The van der Waals surface area contributed by atoms with Crippen LogP contribution < -0.4 is 21.1 Å². The first-order valence-electron chi connectivity index (χ1n) is 14.3. The molecule has 256 valence electrons. The molecule has 0 unspecified atom stereocenters. The lowest BCUT2D eigenvalue weighted by Crippen LogP contribution is -2.40. The Balaban J connectivity index is 1.92. The van der Waals surface area contributed by atoms with Crippen molar-refractivity contribution in [2.24, 2.45) is 5.73 Å². The van der Waals surface area contributed by atoms with Gasteiger partial charge in [0.25, 0.3) is 0 Å². The molecule has 1 aliphatic heterocycles. The van der Waals surface area contributed by atoms with Crippen molar-refractivity contribution < 1.29 is 55.7 Å². The smallest absolute Gasteiger partial charge is 0.494 e. The molecule has 0 bridgehead atoms. The molecule has 48 heavy (non-hydrogen) atoms. The van der Waals surface area contributed by atoms with E-state index in [1.54, 1.807) is 0 Å². The van der Waals surface area contributed by atoms with Crippen LogP contribution in [0.1, 0.15) is 46.9 Å². The van der Waals surface area contributed by atoms with Crippen molar-refractivity contribution in [2.45, 2.75) is 36.4 Å². The largest absolute Gasteiger partial charge is 0.506 e. The Bertz CT molecular complexity index is 1860. The standard InChI is InChI=1S/C31H32F2N4O10S/c1-4-48(43,44)25-10-7-18(35-30(40)46-3)15-19(25)27-23(47-31(41)42)11-12-37(27)29(39)26(16-5-9-21(33)24(14-16)45-2)36-22-13-17(28(34)38)6-8-20(22)32/h5-10,13-15,23,26-27,36H,4,11-12H2,1-3H3,(H2,34,38)(H,35,40)(H,41,42)/t23-,26-,27-/m1/s1. The van der Waals surface area contributed by atoms with Gasteiger partial charge in [0, 0.05) is 24.2 Å². The van der Waals surface area contributed by atoms with Gasteiger partial charge in [0.15, 0.2) is 21.4 Å². The van der Waals surface area contributed by atoms with Crippen LogP contribution in [0.5, 0.6) is 5.75 Å². The van der Waals surface area contributed by atoms with Crippen LogP contribution in [0.3, 0.4) is 0 Å². The van der Waals surface area contributed by atoms with Crippen LogP contribution in [0, 0.1) is 11.6 Å². The minimum absolute atomic E-state index is 0.0589. The summed E-state index contributed by atoms with van der Waals surface area (Å²) in [6.07, 6.45) is -3.98. The fourth-order valence-corrected chi connectivity index (χ4v) is 6.48. The van der Waals surface area contributed by atoms with E-state index in [0.29, 0.717) is 0 Å². The van der Waals surface area contributed by atoms with E-state index < -0.39 is 63.7 Å². The number of nitrogens with one attached hydrogen (secondary N) is 2. The molecule has 0 saturated carbocycles. The van der Waals surface area contributed by atoms with Crippen LogP contribution in [0.25, 0.3) is 0 Å². The molecule has 5 N–H and O–H groups in total. The number of benzene rings is 3. The van der Waals surface area contributed by atoms with Gasteiger partial charge in [-0.3, -0.25) is 14.9 Å². The number of nitrogens with zero attached hydrogens (tertiary/aromatic N) is 1. The number of rotatable bonds is 11. The lowest BCUT2D eigenvalue weighted by atomic mass is 9.99. The molecule has 3 aromatic carbocycles. The molecule has 0 spiro atoms. The fourth-order valence-electron chi connectivity index (χ4n) is 5.35. The maximum atomic E-state index is 15.1. The number of hydrogen-bond donors (Lipinski definition) is 4. The van der Waals surface area contributed by atoms with E-state index in [9.17, 15) is 37.1 Å². The highest BCUT2D eigenvalue weighted by Gasteiger charge is 2.45. The topological polar surface area (TPSA) is 204 Å². The molecule has 3 amide bonds. The highest BCUT2D eigenvalue weighted by molar-refractivity contribution is 7.91. The van der Waals surface area contributed by atoms with Gasteiger partial charge in [-0.15, -0.1) is 0 Å². The van der Waals surface area contributed by atoms with Crippen LogP contribution in [0.15, 0.2) is 59.5 Å². The van der Waals surface area contributed by atoms with Crippen molar-refractivity contribution in [3.8, 4) is 5.75 Å². The van der Waals surface area contributed by atoms with Crippen LogP contribution in [-0.2, 0) is 24.1 Å². The fraction of sp³-hybridized carbons (Fsp3) is 0.290. The molecule has 17 heteroatoms. The first-order valence-corrected chi connectivity index (χ1v) is 16.0. The average Bonchev–Trinajstić information content (AvgIpc) is 3.46. The number of ether oxygens (including phenoxy) is 3. The molecule has 0 radical (unpaired) electrons. The zero-order valence-corrected chi connectivity index (χ0v) is 26.7. The summed E-state index contributed by atoms with van der Waals surface area (Å²) < 4.78 is 70.9. The molecule has 1 saturated heterocycles. The second-order valence-electron chi connectivity index (χ2n) is 10.5. The van der Waals surface area contributed by atoms with Gasteiger partial charge < -0.3 is 35.3 Å². The normalized spacial score (nSPS) is 16.5. The molecule has 0 aromatic heterocycles. The minimum atomic E-state index is -4.02. The lowest BCUT2D eigenvalue weighted by molar-refractivity contribution is -0.134. The number of carboxylic acid groups (broad SMARTS) is 1. The Labute approximate surface area is 273 Å². The maximum absolute atomic E-state index is 15.1. The first-order chi connectivity index (χ1) is 22.7. The predicted molar refractivity (Wildman–Crippen MR) is 166 cm³/mol. The zero-order valence-electron chi connectivity index (χ0n) is 25.9. The predicted octanol–water partition coefficient (Wildman–Crippen LogP) is 4.23. The molecule has 14 nitrogen and oxygen atoms in total. The summed E-state index contributed by atoms with van der Waals surface area (Å²) in [5.74, 6) is -4.02. The van der Waals surface area contributed by atoms with E-state index in [0.717, 1.165) is 36.3 Å². The van der Waals surface area contributed by atoms with Crippen molar-refractivity contribution in [1.29, 1.82) is 0 Å². The number of carbonyl (C=O) groups excluding carboxylic acids is 3. The minimum Gasteiger partial charge on any atom is -0.494 e. The number of likely N-dealkylation sites (tertiary alicyclic amines) is 1. The average molecular weight is 691 g/mol. The number of carbonyl (C=O) groups is 4. The van der Waals surface area contributed by atoms with Gasteiger partial charge in [-0.2, -0.15) is 0 Å². The quantitative estimate of drug-likeness (QED) is 0.210. The molecule has 1 heterocycles. The molecule has 4 rings (SSSR count). The molecule has 3 atom stereocenters. The van der Waals surface area contributed by atoms with Crippen molar-refractivity contribution >= 4 is 45.3 Å². The number of sulfone groups is 1. The number of methoxy groups -OCH3 is 2. The van der Waals surface area contributed by atoms with Gasteiger partial charge in [0.1, 0.15) is 18.0 Å². The van der Waals surface area contributed by atoms with Crippen LogP contribution in [0.4, 0.5) is 29.7 Å². The first kappa shape index (κ1) is 35.4. The van der Waals surface area contributed by atoms with E-state index >= 15 is 4.39 Å². The van der Waals surface area contributed by atoms with E-state index in [2.05, 4.69) is 15.4 Å². The number of primary amides is 1. The Morgan fingerprint density at radius 1 is 1.04 bits per heavy atom. The van der Waals surface area contributed by atoms with Crippen molar-refractivity contribution in [2.75, 3.05) is 37.2 Å². The van der Waals surface area contributed by atoms with Crippen molar-refractivity contribution in [3.63, 3.8) is 0 Å². The van der Waals surface area contributed by atoms with Crippen molar-refractivity contribution in [3.05, 3.63) is 82.9 Å². The van der Waals surface area contributed by atoms with Gasteiger partial charge in [-0.1, -0.05) is 13.0 Å².